The van der Waals surface area contributed by atoms with Gasteiger partial charge in [0.25, 0.3) is 0 Å². The predicted octanol–water partition coefficient (Wildman–Crippen LogP) is 1.41. The number of carbonyl (C=O) groups is 1. The highest BCUT2D eigenvalue weighted by molar-refractivity contribution is 5.77. The van der Waals surface area contributed by atoms with Gasteiger partial charge < -0.3 is 9.84 Å². The van der Waals surface area contributed by atoms with Crippen LogP contribution in [-0.4, -0.2) is 23.2 Å². The molecule has 0 aromatic carbocycles. The highest BCUT2D eigenvalue weighted by Crippen LogP contribution is 2.31. The van der Waals surface area contributed by atoms with Crippen molar-refractivity contribution in [1.29, 1.82) is 0 Å². The Hall–Kier alpha value is -1.79. The van der Waals surface area contributed by atoms with E-state index in [1.807, 2.05) is 0 Å². The minimum atomic E-state index is -4.31. The summed E-state index contributed by atoms with van der Waals surface area (Å²) in [6.45, 7) is 0. The predicted molar refractivity (Wildman–Crippen MR) is 42.3 cm³/mol. The molecule has 1 rings (SSSR count). The van der Waals surface area contributed by atoms with Crippen LogP contribution >= 0.6 is 0 Å². The number of nitrogens with zero attached hydrogens (tertiary/aromatic N) is 1. The van der Waals surface area contributed by atoms with Crippen molar-refractivity contribution in [3.8, 4) is 5.88 Å². The summed E-state index contributed by atoms with van der Waals surface area (Å²) in [6, 6.07) is 0.545. The molecule has 0 fully saturated rings. The number of aliphatic carboxylic acids is 1. The van der Waals surface area contributed by atoms with Gasteiger partial charge in [0.05, 0.1) is 18.9 Å². The van der Waals surface area contributed by atoms with Gasteiger partial charge in [-0.2, -0.15) is 8.78 Å². The van der Waals surface area contributed by atoms with Gasteiger partial charge in [-0.25, -0.2) is 14.2 Å². The third-order valence-electron chi connectivity index (χ3n) is 1.65. The van der Waals surface area contributed by atoms with E-state index in [4.69, 9.17) is 5.11 Å². The molecular formula is C8H6F3NO3. The molecule has 0 saturated carbocycles. The topological polar surface area (TPSA) is 59.4 Å². The highest BCUT2D eigenvalue weighted by Gasteiger charge is 2.43. The molecule has 0 amide bonds. The lowest BCUT2D eigenvalue weighted by molar-refractivity contribution is -0.166. The number of methoxy groups -OCH3 is 1. The summed E-state index contributed by atoms with van der Waals surface area (Å²) in [5, 5.41) is 8.20. The van der Waals surface area contributed by atoms with E-state index < -0.39 is 23.3 Å². The Morgan fingerprint density at radius 3 is 2.67 bits per heavy atom. The number of hydrogen-bond donors (Lipinski definition) is 1. The number of carboxylic acid groups (broad SMARTS) is 1. The molecule has 15 heavy (non-hydrogen) atoms. The van der Waals surface area contributed by atoms with Crippen molar-refractivity contribution >= 4 is 5.97 Å². The Labute approximate surface area is 82.3 Å². The van der Waals surface area contributed by atoms with Crippen molar-refractivity contribution in [2.24, 2.45) is 0 Å². The number of alkyl halides is 2. The van der Waals surface area contributed by atoms with E-state index in [-0.39, 0.29) is 5.88 Å². The van der Waals surface area contributed by atoms with Crippen LogP contribution in [0.4, 0.5) is 13.2 Å². The summed E-state index contributed by atoms with van der Waals surface area (Å²) in [6.07, 6.45) is 0.477. The Bertz CT molecular complexity index is 395. The maximum Gasteiger partial charge on any atom is 0.379 e. The number of hydrogen-bond acceptors (Lipinski definition) is 3. The normalized spacial score (nSPS) is 11.2. The second-order valence-corrected chi connectivity index (χ2v) is 2.59. The second-order valence-electron chi connectivity index (χ2n) is 2.59. The zero-order valence-corrected chi connectivity index (χ0v) is 7.50. The van der Waals surface area contributed by atoms with Gasteiger partial charge in [0.15, 0.2) is 5.82 Å². The molecule has 0 saturated heterocycles. The van der Waals surface area contributed by atoms with Crippen molar-refractivity contribution in [1.82, 2.24) is 4.98 Å². The van der Waals surface area contributed by atoms with Crippen LogP contribution in [0.1, 0.15) is 5.56 Å². The van der Waals surface area contributed by atoms with Crippen LogP contribution in [0.25, 0.3) is 0 Å². The van der Waals surface area contributed by atoms with Crippen LogP contribution in [0.5, 0.6) is 5.88 Å². The van der Waals surface area contributed by atoms with Gasteiger partial charge in [-0.05, 0) is 0 Å². The van der Waals surface area contributed by atoms with Crippen molar-refractivity contribution < 1.29 is 27.8 Å². The lowest BCUT2D eigenvalue weighted by Crippen LogP contribution is -2.26. The fourth-order valence-electron chi connectivity index (χ4n) is 0.887. The lowest BCUT2D eigenvalue weighted by atomic mass is 10.1. The van der Waals surface area contributed by atoms with Crippen LogP contribution < -0.4 is 4.74 Å². The molecule has 0 aliphatic heterocycles. The number of ether oxygens (including phenoxy) is 1. The van der Waals surface area contributed by atoms with Crippen molar-refractivity contribution in [2.45, 2.75) is 5.92 Å². The summed E-state index contributed by atoms with van der Waals surface area (Å²) in [5.74, 6) is -8.43. The average molecular weight is 221 g/mol. The van der Waals surface area contributed by atoms with E-state index in [1.165, 1.54) is 0 Å². The molecule has 0 bridgehead atoms. The van der Waals surface area contributed by atoms with Crippen LogP contribution in [0.3, 0.4) is 0 Å². The Morgan fingerprint density at radius 1 is 1.60 bits per heavy atom. The average Bonchev–Trinajstić information content (AvgIpc) is 2.18. The molecule has 1 N–H and O–H groups in total. The molecule has 0 aliphatic carbocycles. The zero-order chi connectivity index (χ0) is 11.6. The van der Waals surface area contributed by atoms with Gasteiger partial charge in [0, 0.05) is 6.07 Å². The summed E-state index contributed by atoms with van der Waals surface area (Å²) in [5.41, 5.74) is -1.28. The molecule has 1 aromatic rings. The first-order valence-corrected chi connectivity index (χ1v) is 3.70. The maximum atomic E-state index is 12.9. The van der Waals surface area contributed by atoms with E-state index in [9.17, 15) is 18.0 Å². The quantitative estimate of drug-likeness (QED) is 0.838. The van der Waals surface area contributed by atoms with Crippen LogP contribution in [0.15, 0.2) is 12.3 Å². The standard InChI is InChI=1S/C8H6F3NO3/c1-15-6-2-4(5(9)3-12-6)8(10,11)7(13)14/h2-3H,1H3,(H,13,14). The number of rotatable bonds is 3. The van der Waals surface area contributed by atoms with Crippen molar-refractivity contribution in [3.63, 3.8) is 0 Å². The van der Waals surface area contributed by atoms with E-state index in [1.54, 1.807) is 0 Å². The first kappa shape index (κ1) is 11.3. The molecule has 7 heteroatoms. The van der Waals surface area contributed by atoms with E-state index in [2.05, 4.69) is 9.72 Å². The minimum Gasteiger partial charge on any atom is -0.481 e. The first-order chi connectivity index (χ1) is 6.89. The Morgan fingerprint density at radius 2 is 2.20 bits per heavy atom. The van der Waals surface area contributed by atoms with E-state index in [0.29, 0.717) is 12.3 Å². The number of halogens is 3. The van der Waals surface area contributed by atoms with Gasteiger partial charge in [0.1, 0.15) is 0 Å². The third kappa shape index (κ3) is 2.00. The van der Waals surface area contributed by atoms with Crippen LogP contribution in [0, 0.1) is 5.82 Å². The van der Waals surface area contributed by atoms with Crippen LogP contribution in [-0.2, 0) is 10.7 Å². The number of carboxylic acids is 1. The molecule has 0 unspecified atom stereocenters. The molecule has 4 nitrogen and oxygen atoms in total. The molecule has 0 spiro atoms. The fourth-order valence-corrected chi connectivity index (χ4v) is 0.887. The van der Waals surface area contributed by atoms with Gasteiger partial charge >= 0.3 is 11.9 Å². The van der Waals surface area contributed by atoms with E-state index >= 15 is 0 Å². The first-order valence-electron chi connectivity index (χ1n) is 3.70. The Balaban J connectivity index is 3.29. The Kier molecular flexibility index (Phi) is 2.83. The summed E-state index contributed by atoms with van der Waals surface area (Å²) in [4.78, 5) is 13.5. The monoisotopic (exact) mass is 221 g/mol. The summed E-state index contributed by atoms with van der Waals surface area (Å²) in [7, 11) is 1.14. The van der Waals surface area contributed by atoms with Gasteiger partial charge in [-0.1, -0.05) is 0 Å². The molecule has 82 valence electrons. The lowest BCUT2D eigenvalue weighted by Gasteiger charge is -2.12. The zero-order valence-electron chi connectivity index (χ0n) is 7.50. The van der Waals surface area contributed by atoms with Crippen molar-refractivity contribution in [2.75, 3.05) is 7.11 Å². The second kappa shape index (κ2) is 3.76. The van der Waals surface area contributed by atoms with Gasteiger partial charge in [0.2, 0.25) is 5.88 Å². The van der Waals surface area contributed by atoms with Crippen molar-refractivity contribution in [3.05, 3.63) is 23.6 Å². The SMILES string of the molecule is COc1cc(C(F)(F)C(=O)O)c(F)cn1. The molecule has 0 radical (unpaired) electrons. The summed E-state index contributed by atoms with van der Waals surface area (Å²) < 4.78 is 43.2. The largest absolute Gasteiger partial charge is 0.481 e. The van der Waals surface area contributed by atoms with Gasteiger partial charge in [-0.3, -0.25) is 0 Å². The molecule has 1 heterocycles. The summed E-state index contributed by atoms with van der Waals surface area (Å²) >= 11 is 0. The maximum absolute atomic E-state index is 12.9. The smallest absolute Gasteiger partial charge is 0.379 e. The molecule has 0 aliphatic rings. The number of pyridine rings is 1. The number of aromatic nitrogens is 1. The molecule has 1 aromatic heterocycles. The van der Waals surface area contributed by atoms with E-state index in [0.717, 1.165) is 7.11 Å². The molecule has 0 atom stereocenters. The highest BCUT2D eigenvalue weighted by atomic mass is 19.3. The van der Waals surface area contributed by atoms with Gasteiger partial charge in [-0.15, -0.1) is 0 Å². The molecular weight excluding hydrogens is 215 g/mol. The minimum absolute atomic E-state index is 0.285. The van der Waals surface area contributed by atoms with Crippen LogP contribution in [0.2, 0.25) is 0 Å². The fraction of sp³-hybridized carbons (Fsp3) is 0.250. The third-order valence-corrected chi connectivity index (χ3v) is 1.65.